The van der Waals surface area contributed by atoms with Crippen molar-refractivity contribution in [2.24, 2.45) is 10.4 Å². The van der Waals surface area contributed by atoms with Gasteiger partial charge in [0.1, 0.15) is 5.60 Å². The molecule has 2 N–H and O–H groups in total. The Hall–Kier alpha value is -1.50. The van der Waals surface area contributed by atoms with Crippen molar-refractivity contribution in [2.75, 3.05) is 39.4 Å². The lowest BCUT2D eigenvalue weighted by Gasteiger charge is -2.26. The number of nitrogens with one attached hydrogen (secondary N) is 2. The van der Waals surface area contributed by atoms with Crippen LogP contribution in [0.5, 0.6) is 0 Å². The second-order valence-electron chi connectivity index (χ2n) is 8.80. The summed E-state index contributed by atoms with van der Waals surface area (Å²) in [6.45, 7) is 14.9. The number of hydrogen-bond acceptors (Lipinski definition) is 4. The molecule has 27 heavy (non-hydrogen) atoms. The Labute approximate surface area is 164 Å². The van der Waals surface area contributed by atoms with Crippen LogP contribution in [-0.4, -0.2) is 68.0 Å². The molecule has 7 heteroatoms. The van der Waals surface area contributed by atoms with E-state index in [0.29, 0.717) is 12.0 Å². The predicted molar refractivity (Wildman–Crippen MR) is 108 cm³/mol. The number of likely N-dealkylation sites (tertiary alicyclic amines) is 1. The van der Waals surface area contributed by atoms with Crippen molar-refractivity contribution in [3.05, 3.63) is 0 Å². The van der Waals surface area contributed by atoms with Gasteiger partial charge in [-0.3, -0.25) is 4.99 Å². The zero-order valence-electron chi connectivity index (χ0n) is 17.8. The molecule has 2 atom stereocenters. The third-order valence-electron chi connectivity index (χ3n) is 5.08. The molecule has 0 aromatic carbocycles. The van der Waals surface area contributed by atoms with E-state index in [9.17, 15) is 4.79 Å². The van der Waals surface area contributed by atoms with E-state index in [4.69, 9.17) is 14.5 Å². The zero-order chi connectivity index (χ0) is 19.9. The van der Waals surface area contributed by atoms with Gasteiger partial charge >= 0.3 is 6.09 Å². The van der Waals surface area contributed by atoms with E-state index in [1.165, 1.54) is 0 Å². The molecule has 0 bridgehead atoms. The lowest BCUT2D eigenvalue weighted by atomic mass is 9.87. The minimum absolute atomic E-state index is 0.0233. The van der Waals surface area contributed by atoms with Gasteiger partial charge in [-0.1, -0.05) is 13.3 Å². The lowest BCUT2D eigenvalue weighted by Crippen LogP contribution is -2.44. The number of ether oxygens (including phenoxy) is 2. The Morgan fingerprint density at radius 2 is 2.11 bits per heavy atom. The van der Waals surface area contributed by atoms with Gasteiger partial charge in [-0.25, -0.2) is 4.79 Å². The van der Waals surface area contributed by atoms with E-state index in [1.807, 2.05) is 20.8 Å². The van der Waals surface area contributed by atoms with Crippen LogP contribution >= 0.6 is 0 Å². The summed E-state index contributed by atoms with van der Waals surface area (Å²) >= 11 is 0. The molecule has 2 saturated heterocycles. The summed E-state index contributed by atoms with van der Waals surface area (Å²) in [6.07, 6.45) is 3.79. The second kappa shape index (κ2) is 9.62. The Morgan fingerprint density at radius 1 is 1.33 bits per heavy atom. The van der Waals surface area contributed by atoms with Crippen molar-refractivity contribution in [2.45, 2.75) is 71.9 Å². The highest BCUT2D eigenvalue weighted by Crippen LogP contribution is 2.38. The van der Waals surface area contributed by atoms with E-state index >= 15 is 0 Å². The molecular weight excluding hydrogens is 344 g/mol. The highest BCUT2D eigenvalue weighted by molar-refractivity contribution is 5.80. The number of alkyl carbamates (subject to hydrolysis) is 1. The first-order valence-electron chi connectivity index (χ1n) is 10.4. The van der Waals surface area contributed by atoms with Gasteiger partial charge in [0.05, 0.1) is 19.2 Å². The van der Waals surface area contributed by atoms with Crippen LogP contribution in [0.25, 0.3) is 0 Å². The van der Waals surface area contributed by atoms with Gasteiger partial charge in [0.2, 0.25) is 0 Å². The zero-order valence-corrected chi connectivity index (χ0v) is 17.8. The number of carbonyl (C=O) groups excluding carboxylic acids is 1. The maximum Gasteiger partial charge on any atom is 0.407 e. The molecule has 0 radical (unpaired) electrons. The van der Waals surface area contributed by atoms with Crippen LogP contribution < -0.4 is 10.6 Å². The number of aliphatic imine (C=N–C) groups is 1. The highest BCUT2D eigenvalue weighted by atomic mass is 16.6. The van der Waals surface area contributed by atoms with Gasteiger partial charge in [-0.2, -0.15) is 0 Å². The summed E-state index contributed by atoms with van der Waals surface area (Å²) in [5, 5.41) is 6.39. The third-order valence-corrected chi connectivity index (χ3v) is 5.08. The Morgan fingerprint density at radius 3 is 2.70 bits per heavy atom. The van der Waals surface area contributed by atoms with Gasteiger partial charge in [0, 0.05) is 31.7 Å². The molecule has 2 fully saturated rings. The van der Waals surface area contributed by atoms with Gasteiger partial charge in [-0.05, 0) is 47.0 Å². The maximum atomic E-state index is 12.1. The van der Waals surface area contributed by atoms with Gasteiger partial charge in [0.25, 0.3) is 0 Å². The smallest absolute Gasteiger partial charge is 0.407 e. The van der Waals surface area contributed by atoms with Gasteiger partial charge < -0.3 is 25.0 Å². The molecule has 0 saturated carbocycles. The van der Waals surface area contributed by atoms with Crippen molar-refractivity contribution in [3.63, 3.8) is 0 Å². The summed E-state index contributed by atoms with van der Waals surface area (Å²) in [6, 6.07) is -0.0233. The Balaban J connectivity index is 1.96. The molecule has 0 aliphatic carbocycles. The second-order valence-corrected chi connectivity index (χ2v) is 8.80. The van der Waals surface area contributed by atoms with Crippen molar-refractivity contribution >= 4 is 12.1 Å². The number of nitrogens with zero attached hydrogens (tertiary/aromatic N) is 2. The fourth-order valence-electron chi connectivity index (χ4n) is 3.74. The van der Waals surface area contributed by atoms with E-state index in [-0.39, 0.29) is 12.1 Å². The summed E-state index contributed by atoms with van der Waals surface area (Å²) in [5.41, 5.74) is -0.194. The van der Waals surface area contributed by atoms with Crippen LogP contribution in [0.1, 0.15) is 60.3 Å². The molecular formula is C20H38N4O3. The van der Waals surface area contributed by atoms with Crippen LogP contribution in [0, 0.1) is 5.41 Å². The average molecular weight is 383 g/mol. The number of carbonyl (C=O) groups is 1. The third kappa shape index (κ3) is 6.87. The number of rotatable bonds is 6. The number of amides is 1. The normalized spacial score (nSPS) is 24.3. The maximum absolute atomic E-state index is 12.1. The molecule has 7 nitrogen and oxygen atoms in total. The van der Waals surface area contributed by atoms with Crippen LogP contribution in [-0.2, 0) is 9.47 Å². The summed E-state index contributed by atoms with van der Waals surface area (Å²) in [5.74, 6) is 0.938. The fraction of sp³-hybridized carbons (Fsp3) is 0.900. The van der Waals surface area contributed by atoms with E-state index < -0.39 is 5.60 Å². The Kier molecular flexibility index (Phi) is 7.77. The topological polar surface area (TPSA) is 75.2 Å². The van der Waals surface area contributed by atoms with Crippen LogP contribution in [0.3, 0.4) is 0 Å². The number of hydrogen-bond donors (Lipinski definition) is 2. The molecule has 0 aromatic rings. The van der Waals surface area contributed by atoms with E-state index in [1.54, 1.807) is 0 Å². The minimum atomic E-state index is -0.494. The fourth-order valence-corrected chi connectivity index (χ4v) is 3.74. The SMILES string of the molecule is CCCC(CN=C(NCC)N1CCC2(CCOC2)C1)NC(=O)OC(C)(C)C. The highest BCUT2D eigenvalue weighted by Gasteiger charge is 2.42. The van der Waals surface area contributed by atoms with Crippen LogP contribution in [0.2, 0.25) is 0 Å². The largest absolute Gasteiger partial charge is 0.444 e. The Bertz CT molecular complexity index is 510. The minimum Gasteiger partial charge on any atom is -0.444 e. The average Bonchev–Trinajstić information content (AvgIpc) is 3.20. The summed E-state index contributed by atoms with van der Waals surface area (Å²) in [7, 11) is 0. The first-order valence-corrected chi connectivity index (χ1v) is 10.4. The monoisotopic (exact) mass is 382 g/mol. The molecule has 0 aromatic heterocycles. The van der Waals surface area contributed by atoms with Crippen molar-refractivity contribution in [1.82, 2.24) is 15.5 Å². The predicted octanol–water partition coefficient (Wildman–Crippen LogP) is 2.76. The molecule has 2 aliphatic rings. The van der Waals surface area contributed by atoms with E-state index in [0.717, 1.165) is 64.5 Å². The molecule has 2 unspecified atom stereocenters. The molecule has 1 spiro atoms. The van der Waals surface area contributed by atoms with Gasteiger partial charge in [0.15, 0.2) is 5.96 Å². The molecule has 2 rings (SSSR count). The van der Waals surface area contributed by atoms with Crippen LogP contribution in [0.15, 0.2) is 4.99 Å². The van der Waals surface area contributed by atoms with Crippen LogP contribution in [0.4, 0.5) is 4.79 Å². The standard InChI is InChI=1S/C20H38N4O3/c1-6-8-16(23-18(25)27-19(3,4)5)13-22-17(21-7-2)24-11-9-20(14-24)10-12-26-15-20/h16H,6-15H2,1-5H3,(H,21,22)(H,23,25). The molecule has 2 aliphatic heterocycles. The quantitative estimate of drug-likeness (QED) is 0.546. The number of guanidine groups is 1. The lowest BCUT2D eigenvalue weighted by molar-refractivity contribution is 0.0503. The van der Waals surface area contributed by atoms with E-state index in [2.05, 4.69) is 29.4 Å². The first-order chi connectivity index (χ1) is 12.8. The summed E-state index contributed by atoms with van der Waals surface area (Å²) < 4.78 is 11.0. The van der Waals surface area contributed by atoms with Crippen molar-refractivity contribution in [3.8, 4) is 0 Å². The summed E-state index contributed by atoms with van der Waals surface area (Å²) in [4.78, 5) is 19.3. The molecule has 156 valence electrons. The molecule has 1 amide bonds. The van der Waals surface area contributed by atoms with Gasteiger partial charge in [-0.15, -0.1) is 0 Å². The molecule has 2 heterocycles. The van der Waals surface area contributed by atoms with Crippen molar-refractivity contribution < 1.29 is 14.3 Å². The first kappa shape index (κ1) is 21.8. The van der Waals surface area contributed by atoms with Crippen molar-refractivity contribution in [1.29, 1.82) is 0 Å².